The molecule has 0 radical (unpaired) electrons. The van der Waals surface area contributed by atoms with E-state index >= 15 is 0 Å². The van der Waals surface area contributed by atoms with Gasteiger partial charge in [0.2, 0.25) is 5.91 Å². The maximum atomic E-state index is 12.2. The van der Waals surface area contributed by atoms with Gasteiger partial charge in [-0.15, -0.1) is 11.3 Å². The molecule has 1 atom stereocenters. The van der Waals surface area contributed by atoms with Gasteiger partial charge in [0, 0.05) is 11.3 Å². The largest absolute Gasteiger partial charge is 0.279 e. The van der Waals surface area contributed by atoms with Crippen LogP contribution in [0.2, 0.25) is 0 Å². The molecule has 1 aromatic heterocycles. The molecule has 0 aromatic carbocycles. The number of hydrazine groups is 1. The zero-order valence-corrected chi connectivity index (χ0v) is 14.6. The second-order valence-corrected chi connectivity index (χ2v) is 8.07. The average Bonchev–Trinajstić information content (AvgIpc) is 3.20. The van der Waals surface area contributed by atoms with E-state index in [1.54, 1.807) is 11.3 Å². The molecular formula is C18H26N2O2S. The first kappa shape index (κ1) is 16.5. The summed E-state index contributed by atoms with van der Waals surface area (Å²) in [6, 6.07) is 2.01. The van der Waals surface area contributed by atoms with E-state index in [0.717, 1.165) is 31.6 Å². The molecule has 2 N–H and O–H groups in total. The van der Waals surface area contributed by atoms with E-state index < -0.39 is 0 Å². The van der Waals surface area contributed by atoms with E-state index in [1.165, 1.54) is 36.1 Å². The van der Waals surface area contributed by atoms with Crippen LogP contribution in [0, 0.1) is 11.8 Å². The lowest BCUT2D eigenvalue weighted by molar-refractivity contribution is -0.122. The van der Waals surface area contributed by atoms with E-state index in [2.05, 4.69) is 17.8 Å². The molecule has 2 aliphatic rings. The molecule has 3 rings (SSSR count). The van der Waals surface area contributed by atoms with E-state index in [-0.39, 0.29) is 11.8 Å². The first-order valence-corrected chi connectivity index (χ1v) is 9.68. The standard InChI is InChI=1S/C18H26N2O2S/c1-2-12-7-8-15-14(9-12)11-16(23-15)18(22)20-19-17(21)10-13-5-3-4-6-13/h11-13H,2-10H2,1H3,(H,19,21)(H,20,22)/t12-/m1/s1. The molecule has 0 unspecified atom stereocenters. The molecule has 2 aliphatic carbocycles. The Hall–Kier alpha value is -1.36. The van der Waals surface area contributed by atoms with E-state index in [4.69, 9.17) is 0 Å². The molecule has 4 nitrogen and oxygen atoms in total. The molecule has 0 aliphatic heterocycles. The van der Waals surface area contributed by atoms with Crippen LogP contribution >= 0.6 is 11.3 Å². The van der Waals surface area contributed by atoms with E-state index in [0.29, 0.717) is 17.2 Å². The number of carbonyl (C=O) groups is 2. The summed E-state index contributed by atoms with van der Waals surface area (Å²) in [6.07, 6.45) is 9.85. The van der Waals surface area contributed by atoms with Crippen LogP contribution in [-0.2, 0) is 17.6 Å². The molecule has 1 fully saturated rings. The number of carbonyl (C=O) groups excluding carboxylic acids is 2. The van der Waals surface area contributed by atoms with Gasteiger partial charge < -0.3 is 0 Å². The van der Waals surface area contributed by atoms with Gasteiger partial charge in [0.05, 0.1) is 4.88 Å². The summed E-state index contributed by atoms with van der Waals surface area (Å²) in [4.78, 5) is 26.2. The molecule has 5 heteroatoms. The lowest BCUT2D eigenvalue weighted by Crippen LogP contribution is -2.41. The highest BCUT2D eigenvalue weighted by atomic mass is 32.1. The molecule has 0 spiro atoms. The van der Waals surface area contributed by atoms with Crippen molar-refractivity contribution in [3.8, 4) is 0 Å². The van der Waals surface area contributed by atoms with E-state index in [9.17, 15) is 9.59 Å². The lowest BCUT2D eigenvalue weighted by atomic mass is 9.87. The highest BCUT2D eigenvalue weighted by molar-refractivity contribution is 7.14. The number of fused-ring (bicyclic) bond motifs is 1. The Labute approximate surface area is 142 Å². The first-order valence-electron chi connectivity index (χ1n) is 8.86. The molecule has 2 amide bonds. The van der Waals surface area contributed by atoms with Crippen LogP contribution in [0.3, 0.4) is 0 Å². The zero-order chi connectivity index (χ0) is 16.2. The van der Waals surface area contributed by atoms with Crippen molar-refractivity contribution in [3.63, 3.8) is 0 Å². The van der Waals surface area contributed by atoms with Gasteiger partial charge in [-0.05, 0) is 55.6 Å². The topological polar surface area (TPSA) is 58.2 Å². The third-order valence-electron chi connectivity index (χ3n) is 5.25. The van der Waals surface area contributed by atoms with Crippen molar-refractivity contribution in [1.82, 2.24) is 10.9 Å². The number of aryl methyl sites for hydroxylation is 1. The highest BCUT2D eigenvalue weighted by Gasteiger charge is 2.23. The second kappa shape index (κ2) is 7.47. The Morgan fingerprint density at radius 3 is 2.70 bits per heavy atom. The summed E-state index contributed by atoms with van der Waals surface area (Å²) >= 11 is 1.58. The van der Waals surface area contributed by atoms with Crippen molar-refractivity contribution < 1.29 is 9.59 Å². The van der Waals surface area contributed by atoms with Gasteiger partial charge in [0.25, 0.3) is 5.91 Å². The normalized spacial score (nSPS) is 21.0. The van der Waals surface area contributed by atoms with Gasteiger partial charge in [0.1, 0.15) is 0 Å². The van der Waals surface area contributed by atoms with Crippen molar-refractivity contribution >= 4 is 23.2 Å². The number of nitrogens with one attached hydrogen (secondary N) is 2. The quantitative estimate of drug-likeness (QED) is 0.827. The molecule has 23 heavy (non-hydrogen) atoms. The lowest BCUT2D eigenvalue weighted by Gasteiger charge is -2.19. The fourth-order valence-corrected chi connectivity index (χ4v) is 4.88. The Balaban J connectivity index is 1.50. The first-order chi connectivity index (χ1) is 11.2. The minimum absolute atomic E-state index is 0.0717. The number of hydrogen-bond acceptors (Lipinski definition) is 3. The predicted molar refractivity (Wildman–Crippen MR) is 92.3 cm³/mol. The van der Waals surface area contributed by atoms with Crippen LogP contribution in [0.25, 0.3) is 0 Å². The summed E-state index contributed by atoms with van der Waals surface area (Å²) in [5.41, 5.74) is 6.48. The summed E-state index contributed by atoms with van der Waals surface area (Å²) in [5, 5.41) is 0. The van der Waals surface area contributed by atoms with Crippen molar-refractivity contribution in [2.75, 3.05) is 0 Å². The summed E-state index contributed by atoms with van der Waals surface area (Å²) in [6.45, 7) is 2.23. The number of hydrogen-bond donors (Lipinski definition) is 2. The molecular weight excluding hydrogens is 308 g/mol. The molecule has 1 heterocycles. The maximum absolute atomic E-state index is 12.2. The van der Waals surface area contributed by atoms with Gasteiger partial charge >= 0.3 is 0 Å². The Morgan fingerprint density at radius 2 is 1.96 bits per heavy atom. The van der Waals surface area contributed by atoms with Gasteiger partial charge in [-0.3, -0.25) is 20.4 Å². The molecule has 1 aromatic rings. The average molecular weight is 334 g/mol. The maximum Gasteiger partial charge on any atom is 0.279 e. The fraction of sp³-hybridized carbons (Fsp3) is 0.667. The number of rotatable bonds is 4. The Bertz CT molecular complexity index is 576. The number of thiophene rings is 1. The van der Waals surface area contributed by atoms with Gasteiger partial charge in [-0.25, -0.2) is 0 Å². The van der Waals surface area contributed by atoms with Gasteiger partial charge in [-0.2, -0.15) is 0 Å². The zero-order valence-electron chi connectivity index (χ0n) is 13.8. The summed E-state index contributed by atoms with van der Waals surface area (Å²) in [5.74, 6) is 0.987. The van der Waals surface area contributed by atoms with E-state index in [1.807, 2.05) is 6.07 Å². The predicted octanol–water partition coefficient (Wildman–Crippen LogP) is 3.60. The minimum atomic E-state index is -0.183. The molecule has 126 valence electrons. The van der Waals surface area contributed by atoms with Crippen LogP contribution in [0.4, 0.5) is 0 Å². The van der Waals surface area contributed by atoms with Gasteiger partial charge in [-0.1, -0.05) is 26.2 Å². The molecule has 0 bridgehead atoms. The van der Waals surface area contributed by atoms with Crippen LogP contribution in [-0.4, -0.2) is 11.8 Å². The van der Waals surface area contributed by atoms with Crippen molar-refractivity contribution in [2.45, 2.75) is 64.7 Å². The molecule has 1 saturated carbocycles. The third kappa shape index (κ3) is 4.14. The van der Waals surface area contributed by atoms with Crippen LogP contribution < -0.4 is 10.9 Å². The summed E-state index contributed by atoms with van der Waals surface area (Å²) < 4.78 is 0. The minimum Gasteiger partial charge on any atom is -0.273 e. The Morgan fingerprint density at radius 1 is 1.17 bits per heavy atom. The molecule has 0 saturated heterocycles. The number of amides is 2. The smallest absolute Gasteiger partial charge is 0.273 e. The van der Waals surface area contributed by atoms with Crippen molar-refractivity contribution in [3.05, 3.63) is 21.4 Å². The second-order valence-electron chi connectivity index (χ2n) is 6.93. The van der Waals surface area contributed by atoms with Crippen LogP contribution in [0.5, 0.6) is 0 Å². The highest BCUT2D eigenvalue weighted by Crippen LogP contribution is 2.33. The monoisotopic (exact) mass is 334 g/mol. The summed E-state index contributed by atoms with van der Waals surface area (Å²) in [7, 11) is 0. The SMILES string of the molecule is CC[C@@H]1CCc2sc(C(=O)NNC(=O)CC3CCCC3)cc2C1. The van der Waals surface area contributed by atoms with Crippen LogP contribution in [0.15, 0.2) is 6.07 Å². The van der Waals surface area contributed by atoms with Gasteiger partial charge in [0.15, 0.2) is 0 Å². The third-order valence-corrected chi connectivity index (χ3v) is 6.49. The fourth-order valence-electron chi connectivity index (χ4n) is 3.78. The van der Waals surface area contributed by atoms with Crippen LogP contribution in [0.1, 0.15) is 72.0 Å². The van der Waals surface area contributed by atoms with Crippen molar-refractivity contribution in [2.24, 2.45) is 11.8 Å². The Kier molecular flexibility index (Phi) is 5.36. The van der Waals surface area contributed by atoms with Crippen molar-refractivity contribution in [1.29, 1.82) is 0 Å².